The molecule has 0 aromatic heterocycles. The molecule has 0 N–H and O–H groups in total. The van der Waals surface area contributed by atoms with Gasteiger partial charge in [0.1, 0.15) is 23.2 Å². The lowest BCUT2D eigenvalue weighted by molar-refractivity contribution is -0.116. The topological polar surface area (TPSA) is 17.1 Å². The fraction of sp³-hybridized carbons (Fsp3) is 0.133. The summed E-state index contributed by atoms with van der Waals surface area (Å²) >= 11 is 1.23. The summed E-state index contributed by atoms with van der Waals surface area (Å²) in [4.78, 5) is 12.5. The minimum Gasteiger partial charge on any atom is -0.298 e. The summed E-state index contributed by atoms with van der Waals surface area (Å²) in [5, 5.41) is 0. The monoisotopic (exact) mass is 296 g/mol. The van der Waals surface area contributed by atoms with Gasteiger partial charge in [-0.25, -0.2) is 13.2 Å². The van der Waals surface area contributed by atoms with E-state index in [1.54, 1.807) is 12.1 Å². The summed E-state index contributed by atoms with van der Waals surface area (Å²) in [6.07, 6.45) is -0.155. The molecule has 0 spiro atoms. The minimum atomic E-state index is -0.591. The van der Waals surface area contributed by atoms with Crippen molar-refractivity contribution in [2.45, 2.75) is 11.3 Å². The van der Waals surface area contributed by atoms with Crippen LogP contribution in [0.5, 0.6) is 0 Å². The van der Waals surface area contributed by atoms with Crippen molar-refractivity contribution in [2.75, 3.05) is 5.75 Å². The summed E-state index contributed by atoms with van der Waals surface area (Å²) < 4.78 is 39.0. The molecule has 0 fully saturated rings. The molecular formula is C15H11F3OS. The van der Waals surface area contributed by atoms with Gasteiger partial charge in [0.05, 0.1) is 5.75 Å². The lowest BCUT2D eigenvalue weighted by Crippen LogP contribution is -2.07. The van der Waals surface area contributed by atoms with Gasteiger partial charge >= 0.3 is 0 Å². The first kappa shape index (κ1) is 14.7. The Bertz CT molecular complexity index is 611. The van der Waals surface area contributed by atoms with Gasteiger partial charge < -0.3 is 0 Å². The third kappa shape index (κ3) is 4.13. The molecule has 0 atom stereocenters. The van der Waals surface area contributed by atoms with Gasteiger partial charge in [0.2, 0.25) is 0 Å². The molecule has 0 heterocycles. The van der Waals surface area contributed by atoms with Gasteiger partial charge in [0, 0.05) is 11.3 Å². The van der Waals surface area contributed by atoms with E-state index >= 15 is 0 Å². The highest BCUT2D eigenvalue weighted by molar-refractivity contribution is 8.00. The van der Waals surface area contributed by atoms with E-state index in [1.807, 2.05) is 0 Å². The summed E-state index contributed by atoms with van der Waals surface area (Å²) in [7, 11) is 0. The van der Waals surface area contributed by atoms with Gasteiger partial charge in [0.15, 0.2) is 0 Å². The molecule has 104 valence electrons. The number of ketones is 1. The van der Waals surface area contributed by atoms with Crippen molar-refractivity contribution >= 4 is 17.5 Å². The number of carbonyl (C=O) groups excluding carboxylic acids is 1. The van der Waals surface area contributed by atoms with Gasteiger partial charge in [0.25, 0.3) is 0 Å². The molecule has 0 aliphatic heterocycles. The number of benzene rings is 2. The van der Waals surface area contributed by atoms with Gasteiger partial charge in [-0.05, 0) is 48.0 Å². The zero-order chi connectivity index (χ0) is 14.5. The number of halogens is 3. The van der Waals surface area contributed by atoms with Crippen LogP contribution in [-0.4, -0.2) is 11.5 Å². The maximum atomic E-state index is 13.4. The second-order valence-corrected chi connectivity index (χ2v) is 5.24. The third-order valence-corrected chi connectivity index (χ3v) is 3.68. The normalized spacial score (nSPS) is 10.6. The smallest absolute Gasteiger partial charge is 0.147 e. The van der Waals surface area contributed by atoms with E-state index in [4.69, 9.17) is 0 Å². The van der Waals surface area contributed by atoms with Crippen LogP contribution < -0.4 is 0 Å². The fourth-order valence-corrected chi connectivity index (χ4v) is 2.40. The highest BCUT2D eigenvalue weighted by atomic mass is 32.2. The van der Waals surface area contributed by atoms with Gasteiger partial charge in [-0.1, -0.05) is 0 Å². The molecule has 1 nitrogen and oxygen atoms in total. The molecule has 0 aliphatic carbocycles. The van der Waals surface area contributed by atoms with Crippen molar-refractivity contribution in [2.24, 2.45) is 0 Å². The standard InChI is InChI=1S/C15H11F3OS/c16-11-1-4-14(5-2-11)20-9-13(19)8-10-7-12(17)3-6-15(10)18/h1-7H,8-9H2. The number of hydrogen-bond acceptors (Lipinski definition) is 2. The largest absolute Gasteiger partial charge is 0.298 e. The van der Waals surface area contributed by atoms with Crippen molar-refractivity contribution in [1.82, 2.24) is 0 Å². The summed E-state index contributed by atoms with van der Waals surface area (Å²) in [5.74, 6) is -1.60. The first-order valence-electron chi connectivity index (χ1n) is 5.88. The average Bonchev–Trinajstić information content (AvgIpc) is 2.42. The quantitative estimate of drug-likeness (QED) is 0.776. The molecule has 0 amide bonds. The van der Waals surface area contributed by atoms with Crippen LogP contribution in [0.4, 0.5) is 13.2 Å². The lowest BCUT2D eigenvalue weighted by Gasteiger charge is -2.04. The number of carbonyl (C=O) groups is 1. The Labute approximate surface area is 118 Å². The van der Waals surface area contributed by atoms with Crippen molar-refractivity contribution in [3.8, 4) is 0 Å². The number of hydrogen-bond donors (Lipinski definition) is 0. The molecule has 20 heavy (non-hydrogen) atoms. The van der Waals surface area contributed by atoms with Gasteiger partial charge in [-0.15, -0.1) is 11.8 Å². The Morgan fingerprint density at radius 1 is 0.950 bits per heavy atom. The van der Waals surface area contributed by atoms with Crippen LogP contribution in [-0.2, 0) is 11.2 Å². The molecule has 2 aromatic carbocycles. The Hall–Kier alpha value is -1.75. The number of Topliss-reactive ketones (excluding diaryl/α,β-unsaturated/α-hetero) is 1. The van der Waals surface area contributed by atoms with E-state index in [2.05, 4.69) is 0 Å². The van der Waals surface area contributed by atoms with E-state index in [0.29, 0.717) is 0 Å². The third-order valence-electron chi connectivity index (χ3n) is 2.61. The van der Waals surface area contributed by atoms with Crippen LogP contribution >= 0.6 is 11.8 Å². The second kappa shape index (κ2) is 6.61. The van der Waals surface area contributed by atoms with Crippen molar-refractivity contribution in [3.05, 3.63) is 65.5 Å². The Morgan fingerprint density at radius 2 is 1.60 bits per heavy atom. The first-order valence-corrected chi connectivity index (χ1v) is 6.87. The zero-order valence-electron chi connectivity index (χ0n) is 10.4. The van der Waals surface area contributed by atoms with Crippen LogP contribution in [0.15, 0.2) is 47.4 Å². The summed E-state index contributed by atoms with van der Waals surface area (Å²) in [6.45, 7) is 0. The molecule has 0 saturated heterocycles. The van der Waals surface area contributed by atoms with Crippen LogP contribution in [0.1, 0.15) is 5.56 Å². The molecule has 0 aliphatic rings. The zero-order valence-corrected chi connectivity index (χ0v) is 11.2. The Balaban J connectivity index is 1.92. The first-order chi connectivity index (χ1) is 9.54. The molecular weight excluding hydrogens is 285 g/mol. The van der Waals surface area contributed by atoms with E-state index < -0.39 is 11.6 Å². The van der Waals surface area contributed by atoms with E-state index in [0.717, 1.165) is 23.1 Å². The molecule has 0 radical (unpaired) electrons. The predicted molar refractivity (Wildman–Crippen MR) is 72.2 cm³/mol. The predicted octanol–water partition coefficient (Wildman–Crippen LogP) is 4.01. The molecule has 2 aromatic rings. The van der Waals surface area contributed by atoms with Gasteiger partial charge in [-0.3, -0.25) is 4.79 Å². The molecule has 5 heteroatoms. The van der Waals surface area contributed by atoms with Crippen molar-refractivity contribution in [3.63, 3.8) is 0 Å². The second-order valence-electron chi connectivity index (χ2n) is 4.19. The van der Waals surface area contributed by atoms with Crippen molar-refractivity contribution < 1.29 is 18.0 Å². The van der Waals surface area contributed by atoms with Gasteiger partial charge in [-0.2, -0.15) is 0 Å². The Morgan fingerprint density at radius 3 is 2.30 bits per heavy atom. The van der Waals surface area contributed by atoms with Crippen LogP contribution in [0.2, 0.25) is 0 Å². The number of thioether (sulfide) groups is 1. The minimum absolute atomic E-state index is 0.0507. The molecule has 0 bridgehead atoms. The van der Waals surface area contributed by atoms with Crippen LogP contribution in [0, 0.1) is 17.5 Å². The maximum absolute atomic E-state index is 13.4. The molecule has 2 rings (SSSR count). The van der Waals surface area contributed by atoms with Crippen LogP contribution in [0.25, 0.3) is 0 Å². The number of rotatable bonds is 5. The van der Waals surface area contributed by atoms with E-state index in [1.165, 1.54) is 23.9 Å². The average molecular weight is 296 g/mol. The SMILES string of the molecule is O=C(CSc1ccc(F)cc1)Cc1cc(F)ccc1F. The highest BCUT2D eigenvalue weighted by Gasteiger charge is 2.10. The van der Waals surface area contributed by atoms with Crippen LogP contribution in [0.3, 0.4) is 0 Å². The fourth-order valence-electron chi connectivity index (χ4n) is 1.64. The Kier molecular flexibility index (Phi) is 4.84. The maximum Gasteiger partial charge on any atom is 0.147 e. The van der Waals surface area contributed by atoms with E-state index in [-0.39, 0.29) is 29.3 Å². The lowest BCUT2D eigenvalue weighted by atomic mass is 10.1. The molecule has 0 unspecified atom stereocenters. The van der Waals surface area contributed by atoms with Crippen molar-refractivity contribution in [1.29, 1.82) is 0 Å². The summed E-state index contributed by atoms with van der Waals surface area (Å²) in [5.41, 5.74) is 0.0507. The molecule has 0 saturated carbocycles. The highest BCUT2D eigenvalue weighted by Crippen LogP contribution is 2.19. The van der Waals surface area contributed by atoms with E-state index in [9.17, 15) is 18.0 Å². The summed E-state index contributed by atoms with van der Waals surface area (Å²) in [6, 6.07) is 8.78.